The number of hydrogen-bond acceptors (Lipinski definition) is 3. The first-order valence-corrected chi connectivity index (χ1v) is 7.95. The summed E-state index contributed by atoms with van der Waals surface area (Å²) in [7, 11) is 4.09. The molecule has 2 heterocycles. The summed E-state index contributed by atoms with van der Waals surface area (Å²) in [6, 6.07) is 3.59. The smallest absolute Gasteiger partial charge is 0.126 e. The quantitative estimate of drug-likeness (QED) is 0.918. The van der Waals surface area contributed by atoms with Crippen LogP contribution in [0.3, 0.4) is 0 Å². The molecule has 0 aliphatic carbocycles. The van der Waals surface area contributed by atoms with Crippen LogP contribution in [0.2, 0.25) is 0 Å². The third kappa shape index (κ3) is 3.59. The van der Waals surface area contributed by atoms with Crippen molar-refractivity contribution in [3.63, 3.8) is 0 Å². The Morgan fingerprint density at radius 2 is 1.96 bits per heavy atom. The van der Waals surface area contributed by atoms with E-state index in [1.54, 1.807) is 0 Å². The van der Waals surface area contributed by atoms with Gasteiger partial charge in [0.05, 0.1) is 5.69 Å². The van der Waals surface area contributed by atoms with E-state index in [-0.39, 0.29) is 0 Å². The second-order valence-electron chi connectivity index (χ2n) is 6.24. The van der Waals surface area contributed by atoms with Gasteiger partial charge in [0.1, 0.15) is 11.6 Å². The molecular formula is C17H22F2N4. The first kappa shape index (κ1) is 16.1. The second-order valence-corrected chi connectivity index (χ2v) is 6.24. The molecular weight excluding hydrogens is 298 g/mol. The topological polar surface area (TPSA) is 33.1 Å². The van der Waals surface area contributed by atoms with E-state index < -0.39 is 11.6 Å². The van der Waals surface area contributed by atoms with Crippen LogP contribution >= 0.6 is 0 Å². The molecule has 0 saturated heterocycles. The molecule has 0 bridgehead atoms. The molecule has 23 heavy (non-hydrogen) atoms. The normalized spacial score (nSPS) is 14.3. The van der Waals surface area contributed by atoms with E-state index in [9.17, 15) is 8.78 Å². The molecule has 0 amide bonds. The van der Waals surface area contributed by atoms with Gasteiger partial charge in [-0.1, -0.05) is 0 Å². The highest BCUT2D eigenvalue weighted by Gasteiger charge is 2.22. The minimum atomic E-state index is -0.570. The molecule has 0 atom stereocenters. The van der Waals surface area contributed by atoms with Crippen LogP contribution in [0.15, 0.2) is 18.2 Å². The van der Waals surface area contributed by atoms with E-state index in [0.29, 0.717) is 17.8 Å². The SMILES string of the molecule is CN(C)CCCn1nc(-c2cc(F)cc(F)c2)c2c1CCNC2. The predicted octanol–water partition coefficient (Wildman–Crippen LogP) is 2.43. The van der Waals surface area contributed by atoms with E-state index in [1.165, 1.54) is 17.8 Å². The fourth-order valence-corrected chi connectivity index (χ4v) is 3.06. The molecule has 0 saturated carbocycles. The summed E-state index contributed by atoms with van der Waals surface area (Å²) in [6.45, 7) is 3.40. The molecule has 1 aromatic heterocycles. The summed E-state index contributed by atoms with van der Waals surface area (Å²) in [6.07, 6.45) is 1.88. The van der Waals surface area contributed by atoms with Crippen molar-refractivity contribution in [2.45, 2.75) is 25.9 Å². The molecule has 0 fully saturated rings. The lowest BCUT2D eigenvalue weighted by atomic mass is 10.0. The maximum Gasteiger partial charge on any atom is 0.126 e. The van der Waals surface area contributed by atoms with Gasteiger partial charge in [-0.15, -0.1) is 0 Å². The van der Waals surface area contributed by atoms with Crippen molar-refractivity contribution < 1.29 is 8.78 Å². The minimum Gasteiger partial charge on any atom is -0.312 e. The van der Waals surface area contributed by atoms with Gasteiger partial charge >= 0.3 is 0 Å². The molecule has 0 spiro atoms. The number of hydrogen-bond donors (Lipinski definition) is 1. The van der Waals surface area contributed by atoms with Crippen molar-refractivity contribution in [1.82, 2.24) is 20.0 Å². The molecule has 0 unspecified atom stereocenters. The van der Waals surface area contributed by atoms with Crippen LogP contribution in [0, 0.1) is 11.6 Å². The molecule has 3 rings (SSSR count). The van der Waals surface area contributed by atoms with Gasteiger partial charge < -0.3 is 10.2 Å². The standard InChI is InChI=1S/C17H22F2N4/c1-22(2)6-3-7-23-16-4-5-20-11-15(16)17(21-23)12-8-13(18)10-14(19)9-12/h8-10,20H,3-7,11H2,1-2H3. The van der Waals surface area contributed by atoms with Gasteiger partial charge in [0.2, 0.25) is 0 Å². The number of benzene rings is 1. The first-order chi connectivity index (χ1) is 11.0. The summed E-state index contributed by atoms with van der Waals surface area (Å²) in [5.74, 6) is -1.14. The summed E-state index contributed by atoms with van der Waals surface area (Å²) >= 11 is 0. The number of aryl methyl sites for hydroxylation is 1. The van der Waals surface area contributed by atoms with Gasteiger partial charge in [0.25, 0.3) is 0 Å². The molecule has 4 nitrogen and oxygen atoms in total. The summed E-state index contributed by atoms with van der Waals surface area (Å²) in [5, 5.41) is 7.98. The van der Waals surface area contributed by atoms with Crippen LogP contribution < -0.4 is 5.32 Å². The summed E-state index contributed by atoms with van der Waals surface area (Å²) in [4.78, 5) is 2.14. The van der Waals surface area contributed by atoms with Crippen molar-refractivity contribution >= 4 is 0 Å². The Hall–Kier alpha value is -1.79. The van der Waals surface area contributed by atoms with Crippen LogP contribution in [0.5, 0.6) is 0 Å². The lowest BCUT2D eigenvalue weighted by Gasteiger charge is -2.16. The van der Waals surface area contributed by atoms with Gasteiger partial charge in [-0.25, -0.2) is 8.78 Å². The van der Waals surface area contributed by atoms with Crippen molar-refractivity contribution in [3.8, 4) is 11.3 Å². The number of nitrogens with zero attached hydrogens (tertiary/aromatic N) is 3. The minimum absolute atomic E-state index is 0.508. The molecule has 6 heteroatoms. The average molecular weight is 320 g/mol. The van der Waals surface area contributed by atoms with Crippen molar-refractivity contribution in [1.29, 1.82) is 0 Å². The maximum absolute atomic E-state index is 13.5. The third-order valence-corrected chi connectivity index (χ3v) is 4.12. The Kier molecular flexibility index (Phi) is 4.73. The predicted molar refractivity (Wildman–Crippen MR) is 86.2 cm³/mol. The Bertz CT molecular complexity index is 674. The number of halogens is 2. The van der Waals surface area contributed by atoms with Crippen LogP contribution in [-0.4, -0.2) is 41.9 Å². The first-order valence-electron chi connectivity index (χ1n) is 7.95. The molecule has 124 valence electrons. The lowest BCUT2D eigenvalue weighted by Crippen LogP contribution is -2.25. The van der Waals surface area contributed by atoms with Crippen LogP contribution in [0.1, 0.15) is 17.7 Å². The summed E-state index contributed by atoms with van der Waals surface area (Å²) < 4.78 is 29.1. The monoisotopic (exact) mass is 320 g/mol. The highest BCUT2D eigenvalue weighted by molar-refractivity contribution is 5.64. The van der Waals surface area contributed by atoms with E-state index in [4.69, 9.17) is 0 Å². The fourth-order valence-electron chi connectivity index (χ4n) is 3.06. The van der Waals surface area contributed by atoms with Gasteiger partial charge in [0, 0.05) is 48.9 Å². The van der Waals surface area contributed by atoms with Crippen molar-refractivity contribution in [3.05, 3.63) is 41.1 Å². The fraction of sp³-hybridized carbons (Fsp3) is 0.471. The zero-order valence-corrected chi connectivity index (χ0v) is 13.6. The van der Waals surface area contributed by atoms with Crippen LogP contribution in [0.25, 0.3) is 11.3 Å². The Labute approximate surface area is 135 Å². The molecule has 1 aromatic carbocycles. The summed E-state index contributed by atoms with van der Waals surface area (Å²) in [5.41, 5.74) is 3.44. The number of nitrogens with one attached hydrogen (secondary N) is 1. The molecule has 0 radical (unpaired) electrons. The number of aromatic nitrogens is 2. The molecule has 1 aliphatic rings. The molecule has 2 aromatic rings. The van der Waals surface area contributed by atoms with E-state index >= 15 is 0 Å². The van der Waals surface area contributed by atoms with Crippen LogP contribution in [0.4, 0.5) is 8.78 Å². The highest BCUT2D eigenvalue weighted by atomic mass is 19.1. The van der Waals surface area contributed by atoms with Crippen molar-refractivity contribution in [2.75, 3.05) is 27.2 Å². The number of rotatable bonds is 5. The lowest BCUT2D eigenvalue weighted by molar-refractivity contribution is 0.377. The zero-order chi connectivity index (χ0) is 16.4. The van der Waals surface area contributed by atoms with Gasteiger partial charge in [0.15, 0.2) is 0 Å². The Morgan fingerprint density at radius 1 is 1.22 bits per heavy atom. The average Bonchev–Trinajstić information content (AvgIpc) is 2.85. The van der Waals surface area contributed by atoms with E-state index in [2.05, 4.69) is 15.3 Å². The van der Waals surface area contributed by atoms with Gasteiger partial charge in [-0.05, 0) is 39.2 Å². The molecule has 1 aliphatic heterocycles. The third-order valence-electron chi connectivity index (χ3n) is 4.12. The van der Waals surface area contributed by atoms with Gasteiger partial charge in [-0.3, -0.25) is 4.68 Å². The van der Waals surface area contributed by atoms with Crippen LogP contribution in [-0.2, 0) is 19.5 Å². The largest absolute Gasteiger partial charge is 0.312 e. The van der Waals surface area contributed by atoms with Gasteiger partial charge in [-0.2, -0.15) is 5.10 Å². The Morgan fingerprint density at radius 3 is 2.65 bits per heavy atom. The molecule has 1 N–H and O–H groups in total. The highest BCUT2D eigenvalue weighted by Crippen LogP contribution is 2.29. The number of fused-ring (bicyclic) bond motifs is 1. The van der Waals surface area contributed by atoms with E-state index in [1.807, 2.05) is 18.8 Å². The second kappa shape index (κ2) is 6.76. The maximum atomic E-state index is 13.5. The Balaban J connectivity index is 1.95. The zero-order valence-electron chi connectivity index (χ0n) is 13.6. The van der Waals surface area contributed by atoms with Crippen molar-refractivity contribution in [2.24, 2.45) is 0 Å². The van der Waals surface area contributed by atoms with E-state index in [0.717, 1.165) is 44.1 Å².